The molecule has 1 aliphatic rings. The summed E-state index contributed by atoms with van der Waals surface area (Å²) in [5.74, 6) is 0.273. The zero-order chi connectivity index (χ0) is 18.5. The fourth-order valence-electron chi connectivity index (χ4n) is 3.39. The third-order valence-electron chi connectivity index (χ3n) is 4.94. The highest BCUT2D eigenvalue weighted by atomic mass is 16.2. The van der Waals surface area contributed by atoms with Crippen molar-refractivity contribution in [2.24, 2.45) is 0 Å². The number of amides is 1. The Balaban J connectivity index is 2.86. The lowest BCUT2D eigenvalue weighted by Crippen LogP contribution is -2.32. The Bertz CT molecular complexity index is 600. The second-order valence-electron chi connectivity index (χ2n) is 10.3. The van der Waals surface area contributed by atoms with Crippen LogP contribution in [-0.2, 0) is 21.0 Å². The molecular weight excluding hydrogens is 294 g/mol. The van der Waals surface area contributed by atoms with Crippen molar-refractivity contribution in [3.05, 3.63) is 28.8 Å². The van der Waals surface area contributed by atoms with Crippen molar-refractivity contribution in [3.63, 3.8) is 0 Å². The van der Waals surface area contributed by atoms with Gasteiger partial charge in [0, 0.05) is 13.0 Å². The molecule has 0 unspecified atom stereocenters. The molecule has 0 N–H and O–H groups in total. The molecule has 0 saturated carbocycles. The van der Waals surface area contributed by atoms with Gasteiger partial charge in [-0.05, 0) is 39.4 Å². The van der Waals surface area contributed by atoms with Gasteiger partial charge >= 0.3 is 0 Å². The number of benzene rings is 1. The molecule has 1 aromatic rings. The average Bonchev–Trinajstić information content (AvgIpc) is 2.80. The molecule has 1 aromatic carbocycles. The molecule has 0 bridgehead atoms. The number of rotatable bonds is 1. The second kappa shape index (κ2) is 5.89. The molecule has 24 heavy (non-hydrogen) atoms. The summed E-state index contributed by atoms with van der Waals surface area (Å²) < 4.78 is 0. The van der Waals surface area contributed by atoms with E-state index in [9.17, 15) is 4.79 Å². The monoisotopic (exact) mass is 329 g/mol. The quantitative estimate of drug-likeness (QED) is 0.646. The minimum absolute atomic E-state index is 0.000532. The maximum absolute atomic E-state index is 12.5. The summed E-state index contributed by atoms with van der Waals surface area (Å²) in [6.45, 7) is 21.2. The fourth-order valence-corrected chi connectivity index (χ4v) is 3.39. The van der Waals surface area contributed by atoms with E-state index in [0.717, 1.165) is 13.0 Å². The van der Waals surface area contributed by atoms with Crippen molar-refractivity contribution in [2.75, 3.05) is 11.4 Å². The highest BCUT2D eigenvalue weighted by Crippen LogP contribution is 2.44. The summed E-state index contributed by atoms with van der Waals surface area (Å²) in [6.07, 6.45) is 1.64. The van der Waals surface area contributed by atoms with Gasteiger partial charge in [0.2, 0.25) is 5.91 Å². The topological polar surface area (TPSA) is 20.3 Å². The first-order chi connectivity index (χ1) is 10.7. The Kier molecular flexibility index (Phi) is 4.67. The SMILES string of the molecule is CC(C)(C)c1cc(C(C)(C)C)c(N2CCCC2=O)c(C(C)(C)C)c1. The molecule has 0 spiro atoms. The summed E-state index contributed by atoms with van der Waals surface area (Å²) in [5, 5.41) is 0. The smallest absolute Gasteiger partial charge is 0.227 e. The molecule has 1 fully saturated rings. The number of hydrogen-bond acceptors (Lipinski definition) is 1. The zero-order valence-electron chi connectivity index (χ0n) is 17.1. The van der Waals surface area contributed by atoms with Crippen molar-refractivity contribution < 1.29 is 4.79 Å². The van der Waals surface area contributed by atoms with Gasteiger partial charge in [-0.3, -0.25) is 4.79 Å². The van der Waals surface area contributed by atoms with E-state index in [1.807, 2.05) is 4.90 Å². The van der Waals surface area contributed by atoms with E-state index in [2.05, 4.69) is 74.4 Å². The van der Waals surface area contributed by atoms with E-state index >= 15 is 0 Å². The number of carbonyl (C=O) groups is 1. The first kappa shape index (κ1) is 19.0. The normalized spacial score (nSPS) is 16.9. The van der Waals surface area contributed by atoms with Gasteiger partial charge in [0.15, 0.2) is 0 Å². The van der Waals surface area contributed by atoms with E-state index in [0.29, 0.717) is 6.42 Å². The minimum Gasteiger partial charge on any atom is -0.312 e. The Morgan fingerprint density at radius 3 is 1.54 bits per heavy atom. The van der Waals surface area contributed by atoms with Gasteiger partial charge < -0.3 is 4.90 Å². The molecule has 0 radical (unpaired) electrons. The highest BCUT2D eigenvalue weighted by molar-refractivity contribution is 5.97. The van der Waals surface area contributed by atoms with Gasteiger partial charge in [-0.25, -0.2) is 0 Å². The van der Waals surface area contributed by atoms with E-state index in [1.54, 1.807) is 0 Å². The van der Waals surface area contributed by atoms with Crippen LogP contribution < -0.4 is 4.90 Å². The molecule has 0 aliphatic carbocycles. The van der Waals surface area contributed by atoms with Crippen LogP contribution in [0.1, 0.15) is 91.8 Å². The Morgan fingerprint density at radius 2 is 1.25 bits per heavy atom. The maximum Gasteiger partial charge on any atom is 0.227 e. The van der Waals surface area contributed by atoms with Crippen LogP contribution in [0.4, 0.5) is 5.69 Å². The lowest BCUT2D eigenvalue weighted by Gasteiger charge is -2.36. The molecule has 0 aromatic heterocycles. The predicted molar refractivity (Wildman–Crippen MR) is 104 cm³/mol. The number of anilines is 1. The van der Waals surface area contributed by atoms with E-state index in [4.69, 9.17) is 0 Å². The predicted octanol–water partition coefficient (Wildman–Crippen LogP) is 5.71. The summed E-state index contributed by atoms with van der Waals surface area (Å²) in [7, 11) is 0. The average molecular weight is 330 g/mol. The van der Waals surface area contributed by atoms with Crippen LogP contribution in [0.5, 0.6) is 0 Å². The van der Waals surface area contributed by atoms with Crippen LogP contribution in [0.3, 0.4) is 0 Å². The first-order valence-corrected chi connectivity index (χ1v) is 9.23. The maximum atomic E-state index is 12.5. The van der Waals surface area contributed by atoms with Crippen LogP contribution in [0.15, 0.2) is 12.1 Å². The van der Waals surface area contributed by atoms with E-state index in [1.165, 1.54) is 22.4 Å². The molecule has 134 valence electrons. The van der Waals surface area contributed by atoms with Gasteiger partial charge in [0.1, 0.15) is 0 Å². The number of nitrogens with zero attached hydrogens (tertiary/aromatic N) is 1. The molecule has 2 rings (SSSR count). The lowest BCUT2D eigenvalue weighted by molar-refractivity contribution is -0.117. The Labute approximate surface area is 148 Å². The summed E-state index contributed by atoms with van der Waals surface area (Å²) in [4.78, 5) is 14.6. The third-order valence-corrected chi connectivity index (χ3v) is 4.94. The molecule has 1 saturated heterocycles. The minimum atomic E-state index is -0.000532. The van der Waals surface area contributed by atoms with Crippen LogP contribution >= 0.6 is 0 Å². The number of carbonyl (C=O) groups excluding carboxylic acids is 1. The zero-order valence-corrected chi connectivity index (χ0v) is 17.1. The molecule has 2 nitrogen and oxygen atoms in total. The van der Waals surface area contributed by atoms with Gasteiger partial charge in [0.25, 0.3) is 0 Å². The van der Waals surface area contributed by atoms with Crippen LogP contribution in [0, 0.1) is 0 Å². The third kappa shape index (κ3) is 3.68. The van der Waals surface area contributed by atoms with Crippen molar-refractivity contribution in [1.29, 1.82) is 0 Å². The van der Waals surface area contributed by atoms with Crippen molar-refractivity contribution in [3.8, 4) is 0 Å². The first-order valence-electron chi connectivity index (χ1n) is 9.23. The van der Waals surface area contributed by atoms with Gasteiger partial charge in [-0.2, -0.15) is 0 Å². The van der Waals surface area contributed by atoms with Crippen LogP contribution in [-0.4, -0.2) is 12.5 Å². The largest absolute Gasteiger partial charge is 0.312 e. The van der Waals surface area contributed by atoms with E-state index < -0.39 is 0 Å². The van der Waals surface area contributed by atoms with Crippen molar-refractivity contribution in [1.82, 2.24) is 0 Å². The second-order valence-corrected chi connectivity index (χ2v) is 10.3. The summed E-state index contributed by atoms with van der Waals surface area (Å²) >= 11 is 0. The van der Waals surface area contributed by atoms with E-state index in [-0.39, 0.29) is 22.2 Å². The van der Waals surface area contributed by atoms with Crippen molar-refractivity contribution >= 4 is 11.6 Å². The standard InChI is InChI=1S/C22H35NO/c1-20(2,3)15-13-16(21(4,5)6)19(17(14-15)22(7,8)9)23-12-10-11-18(23)24/h13-14H,10-12H2,1-9H3. The molecule has 1 amide bonds. The van der Waals surface area contributed by atoms with Gasteiger partial charge in [-0.15, -0.1) is 0 Å². The summed E-state index contributed by atoms with van der Waals surface area (Å²) in [6, 6.07) is 4.69. The molecular formula is C22H35NO. The lowest BCUT2D eigenvalue weighted by atomic mass is 9.74. The fraction of sp³-hybridized carbons (Fsp3) is 0.682. The Morgan fingerprint density at radius 1 is 0.792 bits per heavy atom. The summed E-state index contributed by atoms with van der Waals surface area (Å²) in [5.41, 5.74) is 5.22. The molecule has 2 heteroatoms. The van der Waals surface area contributed by atoms with Crippen molar-refractivity contribution in [2.45, 2.75) is 91.4 Å². The highest BCUT2D eigenvalue weighted by Gasteiger charge is 2.34. The molecule has 1 heterocycles. The van der Waals surface area contributed by atoms with Gasteiger partial charge in [-0.1, -0.05) is 74.4 Å². The Hall–Kier alpha value is -1.31. The molecule has 0 atom stereocenters. The number of hydrogen-bond donors (Lipinski definition) is 0. The van der Waals surface area contributed by atoms with Crippen LogP contribution in [0.25, 0.3) is 0 Å². The molecule has 1 aliphatic heterocycles. The van der Waals surface area contributed by atoms with Gasteiger partial charge in [0.05, 0.1) is 5.69 Å². The van der Waals surface area contributed by atoms with Crippen LogP contribution in [0.2, 0.25) is 0 Å².